The van der Waals surface area contributed by atoms with Crippen molar-refractivity contribution in [3.63, 3.8) is 0 Å². The molecule has 1 aromatic carbocycles. The minimum absolute atomic E-state index is 0.0260. The second-order valence-corrected chi connectivity index (χ2v) is 7.43. The second kappa shape index (κ2) is 4.05. The van der Waals surface area contributed by atoms with Gasteiger partial charge in [0.2, 0.25) is 0 Å². The first-order valence-corrected chi connectivity index (χ1v) is 7.56. The van der Waals surface area contributed by atoms with Crippen LogP contribution in [0.15, 0.2) is 29.2 Å². The van der Waals surface area contributed by atoms with Crippen LogP contribution in [0.5, 0.6) is 0 Å². The average Bonchev–Trinajstić information content (AvgIpc) is 2.34. The fourth-order valence-electron chi connectivity index (χ4n) is 2.43. The van der Waals surface area contributed by atoms with Crippen molar-refractivity contribution in [2.24, 2.45) is 5.41 Å². The van der Waals surface area contributed by atoms with Crippen molar-refractivity contribution in [3.05, 3.63) is 29.8 Å². The van der Waals surface area contributed by atoms with Gasteiger partial charge in [0.05, 0.1) is 16.1 Å². The van der Waals surface area contributed by atoms with E-state index in [1.54, 1.807) is 12.1 Å². The zero-order valence-electron chi connectivity index (χ0n) is 10.8. The molecule has 1 heterocycles. The molecular formula is C13H16O5S. The van der Waals surface area contributed by atoms with Crippen molar-refractivity contribution in [2.45, 2.75) is 30.8 Å². The number of carboxylic acids is 1. The molecule has 104 valence electrons. The Balaban J connectivity index is 2.73. The number of hydrogen-bond donors (Lipinski definition) is 2. The molecule has 6 heteroatoms. The molecule has 2 N–H and O–H groups in total. The van der Waals surface area contributed by atoms with Crippen LogP contribution in [-0.4, -0.2) is 30.4 Å². The Morgan fingerprint density at radius 2 is 1.89 bits per heavy atom. The van der Waals surface area contributed by atoms with Crippen molar-refractivity contribution in [1.82, 2.24) is 0 Å². The van der Waals surface area contributed by atoms with Crippen LogP contribution in [0.2, 0.25) is 0 Å². The smallest absolute Gasteiger partial charge is 0.312 e. The number of benzene rings is 1. The highest BCUT2D eigenvalue weighted by atomic mass is 32.2. The average molecular weight is 284 g/mol. The van der Waals surface area contributed by atoms with Crippen molar-refractivity contribution in [1.29, 1.82) is 0 Å². The van der Waals surface area contributed by atoms with Crippen molar-refractivity contribution < 1.29 is 23.4 Å². The SMILES string of the molecule is CC(C)(C(=O)O)C1(O)CCS(=O)(=O)c2ccccc21. The summed E-state index contributed by atoms with van der Waals surface area (Å²) in [5, 5.41) is 20.1. The van der Waals surface area contributed by atoms with Crippen LogP contribution >= 0.6 is 0 Å². The number of rotatable bonds is 2. The number of hydrogen-bond acceptors (Lipinski definition) is 4. The molecule has 0 amide bonds. The summed E-state index contributed by atoms with van der Waals surface area (Å²) in [7, 11) is -3.45. The monoisotopic (exact) mass is 284 g/mol. The van der Waals surface area contributed by atoms with Crippen LogP contribution in [0.3, 0.4) is 0 Å². The lowest BCUT2D eigenvalue weighted by Gasteiger charge is -2.43. The fourth-order valence-corrected chi connectivity index (χ4v) is 4.07. The summed E-state index contributed by atoms with van der Waals surface area (Å²) in [5.74, 6) is -1.42. The van der Waals surface area contributed by atoms with Gasteiger partial charge in [0.1, 0.15) is 5.60 Å². The van der Waals surface area contributed by atoms with Crippen molar-refractivity contribution in [2.75, 3.05) is 5.75 Å². The maximum atomic E-state index is 12.0. The first-order chi connectivity index (χ1) is 8.63. The molecule has 0 fully saturated rings. The van der Waals surface area contributed by atoms with E-state index in [2.05, 4.69) is 0 Å². The summed E-state index contributed by atoms with van der Waals surface area (Å²) in [6.07, 6.45) is -0.119. The van der Waals surface area contributed by atoms with Gasteiger partial charge in [0, 0.05) is 5.56 Å². The molecule has 0 aliphatic carbocycles. The number of fused-ring (bicyclic) bond motifs is 1. The predicted octanol–water partition coefficient (Wildman–Crippen LogP) is 1.16. The van der Waals surface area contributed by atoms with Crippen molar-refractivity contribution >= 4 is 15.8 Å². The zero-order chi connectivity index (χ0) is 14.5. The van der Waals surface area contributed by atoms with Crippen LogP contribution in [0, 0.1) is 5.41 Å². The summed E-state index contributed by atoms with van der Waals surface area (Å²) in [5.41, 5.74) is -2.99. The van der Waals surface area contributed by atoms with E-state index < -0.39 is 26.8 Å². The third-order valence-electron chi connectivity index (χ3n) is 3.97. The molecular weight excluding hydrogens is 268 g/mol. The molecule has 5 nitrogen and oxygen atoms in total. The van der Waals surface area contributed by atoms with Gasteiger partial charge in [0.15, 0.2) is 9.84 Å². The molecule has 1 aliphatic heterocycles. The minimum atomic E-state index is -3.45. The molecule has 0 spiro atoms. The minimum Gasteiger partial charge on any atom is -0.481 e. The van der Waals surface area contributed by atoms with Gasteiger partial charge < -0.3 is 10.2 Å². The lowest BCUT2D eigenvalue weighted by molar-refractivity contribution is -0.167. The van der Waals surface area contributed by atoms with E-state index in [9.17, 15) is 23.4 Å². The molecule has 0 aromatic heterocycles. The molecule has 1 aromatic rings. The van der Waals surface area contributed by atoms with E-state index in [1.165, 1.54) is 26.0 Å². The second-order valence-electron chi connectivity index (χ2n) is 5.36. The Morgan fingerprint density at radius 3 is 2.47 bits per heavy atom. The predicted molar refractivity (Wildman–Crippen MR) is 68.4 cm³/mol. The standard InChI is InChI=1S/C13H16O5S/c1-12(2,11(14)15)13(16)7-8-19(17,18)10-6-4-3-5-9(10)13/h3-6,16H,7-8H2,1-2H3,(H,14,15). The fraction of sp³-hybridized carbons (Fsp3) is 0.462. The third-order valence-corrected chi connectivity index (χ3v) is 5.74. The molecule has 1 atom stereocenters. The molecule has 1 aliphatic rings. The van der Waals surface area contributed by atoms with Gasteiger partial charge in [-0.05, 0) is 26.3 Å². The first kappa shape index (κ1) is 14.0. The van der Waals surface area contributed by atoms with E-state index in [-0.39, 0.29) is 22.6 Å². The van der Waals surface area contributed by atoms with Gasteiger partial charge in [-0.1, -0.05) is 18.2 Å². The lowest BCUT2D eigenvalue weighted by Crippen LogP contribution is -2.50. The topological polar surface area (TPSA) is 91.7 Å². The van der Waals surface area contributed by atoms with Crippen molar-refractivity contribution in [3.8, 4) is 0 Å². The van der Waals surface area contributed by atoms with Crippen LogP contribution in [0.25, 0.3) is 0 Å². The maximum absolute atomic E-state index is 12.0. The van der Waals surface area contributed by atoms with Gasteiger partial charge in [-0.25, -0.2) is 8.42 Å². The summed E-state index contributed by atoms with van der Waals surface area (Å²) in [4.78, 5) is 11.4. The van der Waals surface area contributed by atoms with Crippen LogP contribution < -0.4 is 0 Å². The van der Waals surface area contributed by atoms with E-state index in [4.69, 9.17) is 0 Å². The summed E-state index contributed by atoms with van der Waals surface area (Å²) >= 11 is 0. The van der Waals surface area contributed by atoms with E-state index in [0.717, 1.165) is 0 Å². The Bertz CT molecular complexity index is 632. The summed E-state index contributed by atoms with van der Waals surface area (Å²) in [6, 6.07) is 6.06. The first-order valence-electron chi connectivity index (χ1n) is 5.91. The molecule has 19 heavy (non-hydrogen) atoms. The lowest BCUT2D eigenvalue weighted by atomic mass is 9.69. The van der Waals surface area contributed by atoms with Gasteiger partial charge in [-0.3, -0.25) is 4.79 Å². The van der Waals surface area contributed by atoms with Crippen LogP contribution in [0.4, 0.5) is 0 Å². The normalized spacial score (nSPS) is 25.6. The number of sulfone groups is 1. The molecule has 2 rings (SSSR count). The van der Waals surface area contributed by atoms with E-state index in [0.29, 0.717) is 0 Å². The van der Waals surface area contributed by atoms with E-state index >= 15 is 0 Å². The quantitative estimate of drug-likeness (QED) is 0.850. The van der Waals surface area contributed by atoms with Gasteiger partial charge in [0.25, 0.3) is 0 Å². The number of aliphatic carboxylic acids is 1. The third kappa shape index (κ3) is 1.86. The molecule has 0 radical (unpaired) electrons. The summed E-state index contributed by atoms with van der Waals surface area (Å²) in [6.45, 7) is 2.81. The molecule has 1 unspecified atom stereocenters. The summed E-state index contributed by atoms with van der Waals surface area (Å²) < 4.78 is 24.0. The number of carboxylic acid groups (broad SMARTS) is 1. The highest BCUT2D eigenvalue weighted by molar-refractivity contribution is 7.91. The Morgan fingerprint density at radius 1 is 1.32 bits per heavy atom. The molecule has 0 saturated heterocycles. The molecule has 0 bridgehead atoms. The van der Waals surface area contributed by atoms with Crippen LogP contribution in [-0.2, 0) is 20.2 Å². The van der Waals surface area contributed by atoms with Gasteiger partial charge in [-0.2, -0.15) is 0 Å². The van der Waals surface area contributed by atoms with E-state index in [1.807, 2.05) is 0 Å². The molecule has 0 saturated carbocycles. The van der Waals surface area contributed by atoms with Gasteiger partial charge in [-0.15, -0.1) is 0 Å². The number of aliphatic hydroxyl groups is 1. The highest BCUT2D eigenvalue weighted by Crippen LogP contribution is 2.48. The van der Waals surface area contributed by atoms with Crippen LogP contribution in [0.1, 0.15) is 25.8 Å². The Kier molecular flexibility index (Phi) is 2.98. The largest absolute Gasteiger partial charge is 0.481 e. The number of carbonyl (C=O) groups is 1. The maximum Gasteiger partial charge on any atom is 0.312 e. The Labute approximate surface area is 111 Å². The van der Waals surface area contributed by atoms with Gasteiger partial charge >= 0.3 is 5.97 Å². The Hall–Kier alpha value is -1.40. The zero-order valence-corrected chi connectivity index (χ0v) is 11.6. The highest BCUT2D eigenvalue weighted by Gasteiger charge is 2.54.